The summed E-state index contributed by atoms with van der Waals surface area (Å²) in [4.78, 5) is 22.2. The Kier molecular flexibility index (Phi) is 8.48. The number of rotatable bonds is 8. The standard InChI is InChI=1S/C32H32F2N4O2/c1-22-29(32(39)36-20-24-16-26(33)18-27(34)17-24)4-3-5-31(22)40-28-10-11-35-30(19-28)25-8-6-23(7-9-25)21-38-14-12-37(2)13-15-38/h3-11,16-19H,12-15,20-21H2,1-2H3,(H,36,39). The Hall–Kier alpha value is -4.14. The first kappa shape index (κ1) is 27.4. The molecule has 3 aromatic carbocycles. The number of piperazine rings is 1. The first-order valence-corrected chi connectivity index (χ1v) is 13.3. The fraction of sp³-hybridized carbons (Fsp3) is 0.250. The molecule has 8 heteroatoms. The van der Waals surface area contributed by atoms with Crippen LogP contribution in [0.2, 0.25) is 0 Å². The molecule has 5 rings (SSSR count). The lowest BCUT2D eigenvalue weighted by atomic mass is 10.1. The number of likely N-dealkylation sites (N-methyl/N-ethyl adjacent to an activating group) is 1. The molecule has 2 heterocycles. The molecule has 0 bridgehead atoms. The van der Waals surface area contributed by atoms with Crippen molar-refractivity contribution in [2.24, 2.45) is 0 Å². The molecule has 0 radical (unpaired) electrons. The summed E-state index contributed by atoms with van der Waals surface area (Å²) in [5.74, 6) is -0.602. The van der Waals surface area contributed by atoms with Gasteiger partial charge in [-0.15, -0.1) is 0 Å². The van der Waals surface area contributed by atoms with E-state index in [0.29, 0.717) is 28.2 Å². The second kappa shape index (κ2) is 12.4. The fourth-order valence-corrected chi connectivity index (χ4v) is 4.77. The van der Waals surface area contributed by atoms with Gasteiger partial charge in [0.25, 0.3) is 5.91 Å². The molecule has 1 amide bonds. The van der Waals surface area contributed by atoms with Crippen LogP contribution in [0.3, 0.4) is 0 Å². The summed E-state index contributed by atoms with van der Waals surface area (Å²) in [6.07, 6.45) is 1.70. The molecule has 6 nitrogen and oxygen atoms in total. The average molecular weight is 543 g/mol. The quantitative estimate of drug-likeness (QED) is 0.305. The number of carbonyl (C=O) groups excluding carboxylic acids is 1. The minimum absolute atomic E-state index is 0.0000815. The number of benzene rings is 3. The Morgan fingerprint density at radius 1 is 0.925 bits per heavy atom. The predicted molar refractivity (Wildman–Crippen MR) is 151 cm³/mol. The number of hydrogen-bond donors (Lipinski definition) is 1. The molecular weight excluding hydrogens is 510 g/mol. The van der Waals surface area contributed by atoms with E-state index in [1.165, 1.54) is 17.7 Å². The van der Waals surface area contributed by atoms with Crippen LogP contribution in [0.1, 0.15) is 27.0 Å². The molecule has 4 aromatic rings. The summed E-state index contributed by atoms with van der Waals surface area (Å²) in [5, 5.41) is 2.72. The van der Waals surface area contributed by atoms with Crippen molar-refractivity contribution in [1.29, 1.82) is 0 Å². The summed E-state index contributed by atoms with van der Waals surface area (Å²) < 4.78 is 33.1. The van der Waals surface area contributed by atoms with Gasteiger partial charge in [-0.2, -0.15) is 0 Å². The highest BCUT2D eigenvalue weighted by atomic mass is 19.1. The lowest BCUT2D eigenvalue weighted by molar-refractivity contribution is 0.0949. The van der Waals surface area contributed by atoms with Crippen LogP contribution in [0.15, 0.2) is 79.0 Å². The van der Waals surface area contributed by atoms with Crippen molar-refractivity contribution >= 4 is 5.91 Å². The van der Waals surface area contributed by atoms with Gasteiger partial charge in [0, 0.05) is 74.3 Å². The molecule has 0 spiro atoms. The van der Waals surface area contributed by atoms with E-state index in [2.05, 4.69) is 51.4 Å². The van der Waals surface area contributed by atoms with Gasteiger partial charge in [0.1, 0.15) is 23.1 Å². The van der Waals surface area contributed by atoms with Crippen LogP contribution in [0.5, 0.6) is 11.5 Å². The molecule has 206 valence electrons. The Labute approximate surface area is 233 Å². The third-order valence-electron chi connectivity index (χ3n) is 7.12. The maximum atomic E-state index is 13.5. The zero-order valence-corrected chi connectivity index (χ0v) is 22.7. The second-order valence-electron chi connectivity index (χ2n) is 10.1. The van der Waals surface area contributed by atoms with Crippen LogP contribution in [0.4, 0.5) is 8.78 Å². The minimum Gasteiger partial charge on any atom is -0.457 e. The van der Waals surface area contributed by atoms with Gasteiger partial charge in [0.2, 0.25) is 0 Å². The molecule has 1 fully saturated rings. The van der Waals surface area contributed by atoms with E-state index in [9.17, 15) is 13.6 Å². The SMILES string of the molecule is Cc1c(Oc2ccnc(-c3ccc(CN4CCN(C)CC4)cc3)c2)cccc1C(=O)NCc1cc(F)cc(F)c1. The van der Waals surface area contributed by atoms with Crippen LogP contribution >= 0.6 is 0 Å². The maximum Gasteiger partial charge on any atom is 0.251 e. The van der Waals surface area contributed by atoms with E-state index in [1.54, 1.807) is 37.4 Å². The van der Waals surface area contributed by atoms with Crippen molar-refractivity contribution in [2.45, 2.75) is 20.0 Å². The summed E-state index contributed by atoms with van der Waals surface area (Å²) >= 11 is 0. The maximum absolute atomic E-state index is 13.5. The number of hydrogen-bond acceptors (Lipinski definition) is 5. The van der Waals surface area contributed by atoms with Gasteiger partial charge in [0.05, 0.1) is 5.69 Å². The molecule has 0 unspecified atom stereocenters. The number of amides is 1. The van der Waals surface area contributed by atoms with E-state index < -0.39 is 11.6 Å². The molecule has 0 atom stereocenters. The van der Waals surface area contributed by atoms with Gasteiger partial charge in [-0.1, -0.05) is 30.3 Å². The van der Waals surface area contributed by atoms with Gasteiger partial charge in [-0.3, -0.25) is 14.7 Å². The topological polar surface area (TPSA) is 57.7 Å². The number of nitrogens with one attached hydrogen (secondary N) is 1. The first-order chi connectivity index (χ1) is 19.3. The summed E-state index contributed by atoms with van der Waals surface area (Å²) in [6.45, 7) is 7.08. The van der Waals surface area contributed by atoms with E-state index in [4.69, 9.17) is 4.74 Å². The lowest BCUT2D eigenvalue weighted by Crippen LogP contribution is -2.43. The normalized spacial score (nSPS) is 14.2. The van der Waals surface area contributed by atoms with Crippen molar-refractivity contribution in [3.8, 4) is 22.8 Å². The van der Waals surface area contributed by atoms with Crippen molar-refractivity contribution in [3.05, 3.63) is 113 Å². The Morgan fingerprint density at radius 2 is 1.65 bits per heavy atom. The number of carbonyl (C=O) groups is 1. The van der Waals surface area contributed by atoms with Gasteiger partial charge in [-0.05, 0) is 55.4 Å². The molecule has 1 aromatic heterocycles. The number of halogens is 2. The summed E-state index contributed by atoms with van der Waals surface area (Å²) in [5.41, 5.74) is 4.46. The predicted octanol–water partition coefficient (Wildman–Crippen LogP) is 5.80. The molecular formula is C32H32F2N4O2. The van der Waals surface area contributed by atoms with E-state index >= 15 is 0 Å². The molecule has 40 heavy (non-hydrogen) atoms. The lowest BCUT2D eigenvalue weighted by Gasteiger charge is -2.32. The van der Waals surface area contributed by atoms with Crippen molar-refractivity contribution in [3.63, 3.8) is 0 Å². The molecule has 0 saturated carbocycles. The highest BCUT2D eigenvalue weighted by molar-refractivity contribution is 5.96. The zero-order chi connectivity index (χ0) is 28.1. The molecule has 0 aliphatic carbocycles. The number of pyridine rings is 1. The van der Waals surface area contributed by atoms with E-state index in [0.717, 1.165) is 50.0 Å². The highest BCUT2D eigenvalue weighted by Crippen LogP contribution is 2.29. The smallest absolute Gasteiger partial charge is 0.251 e. The number of aromatic nitrogens is 1. The Balaban J connectivity index is 1.24. The third-order valence-corrected chi connectivity index (χ3v) is 7.12. The van der Waals surface area contributed by atoms with E-state index in [1.807, 2.05) is 6.07 Å². The van der Waals surface area contributed by atoms with Gasteiger partial charge in [0.15, 0.2) is 0 Å². The van der Waals surface area contributed by atoms with Crippen LogP contribution in [0, 0.1) is 18.6 Å². The number of ether oxygens (including phenoxy) is 1. The zero-order valence-electron chi connectivity index (χ0n) is 22.7. The Bertz CT molecular complexity index is 1460. The molecule has 1 N–H and O–H groups in total. The Morgan fingerprint density at radius 3 is 2.38 bits per heavy atom. The highest BCUT2D eigenvalue weighted by Gasteiger charge is 2.15. The van der Waals surface area contributed by atoms with Crippen LogP contribution < -0.4 is 10.1 Å². The first-order valence-electron chi connectivity index (χ1n) is 13.3. The average Bonchev–Trinajstić information content (AvgIpc) is 2.94. The van der Waals surface area contributed by atoms with Gasteiger partial charge < -0.3 is 15.0 Å². The molecule has 1 saturated heterocycles. The van der Waals surface area contributed by atoms with Crippen molar-refractivity contribution in [1.82, 2.24) is 20.1 Å². The van der Waals surface area contributed by atoms with Crippen LogP contribution in [-0.2, 0) is 13.1 Å². The minimum atomic E-state index is -0.686. The summed E-state index contributed by atoms with van der Waals surface area (Å²) in [6, 6.07) is 20.5. The molecule has 1 aliphatic heterocycles. The van der Waals surface area contributed by atoms with Crippen LogP contribution in [0.25, 0.3) is 11.3 Å². The second-order valence-corrected chi connectivity index (χ2v) is 10.1. The van der Waals surface area contributed by atoms with Gasteiger partial charge >= 0.3 is 0 Å². The largest absolute Gasteiger partial charge is 0.457 e. The fourth-order valence-electron chi connectivity index (χ4n) is 4.77. The summed E-state index contributed by atoms with van der Waals surface area (Å²) in [7, 11) is 2.16. The molecule has 1 aliphatic rings. The van der Waals surface area contributed by atoms with Crippen molar-refractivity contribution < 1.29 is 18.3 Å². The van der Waals surface area contributed by atoms with E-state index in [-0.39, 0.29) is 12.5 Å². The monoisotopic (exact) mass is 542 g/mol. The third kappa shape index (κ3) is 6.89. The number of nitrogens with zero attached hydrogens (tertiary/aromatic N) is 3. The van der Waals surface area contributed by atoms with Crippen molar-refractivity contribution in [2.75, 3.05) is 33.2 Å². The van der Waals surface area contributed by atoms with Crippen LogP contribution in [-0.4, -0.2) is 53.9 Å². The van der Waals surface area contributed by atoms with Gasteiger partial charge in [-0.25, -0.2) is 8.78 Å².